The highest BCUT2D eigenvalue weighted by Gasteiger charge is 2.76. The first-order valence-electron chi connectivity index (χ1n) is 25.5. The number of morpholine rings is 1. The summed E-state index contributed by atoms with van der Waals surface area (Å²) in [5.74, 6) is 2.32. The normalized spacial score (nSPS) is 23.0. The van der Waals surface area contributed by atoms with Crippen molar-refractivity contribution >= 4 is 35.3 Å². The molecule has 6 aromatic carbocycles. The standard InChI is InChI=1S/C60H56N4O12/c65-33-34-74-46-22-14-21-44(36-46)54-60(47-35-39(29-32-59(71)30-12-1-2-13-31-59)25-28-48(47)62(57(60)69)58(70)75-38-40-23-26-45(27-24-40)64(72)73)50(55(67)61-37-49(66)41-15-6-3-7-16-41)52-56(68)76-53(43-19-10-5-11-20-43)51(63(52)54)42-17-8-4-9-18-42/h3-11,14-28,35-36,49-54,65-66,71H,1-2,12-13,30-31,33-34,37-38H2,(H,61,67)/t49-,50-,51-,52-,53+,54+,60-/m0/s1. The third-order valence-corrected chi connectivity index (χ3v) is 15.0. The van der Waals surface area contributed by atoms with Gasteiger partial charge in [0.25, 0.3) is 5.69 Å². The summed E-state index contributed by atoms with van der Waals surface area (Å²) in [5, 5.41) is 47.6. The number of aliphatic hydroxyl groups excluding tert-OH is 2. The van der Waals surface area contributed by atoms with E-state index < -0.39 is 82.7 Å². The first-order chi connectivity index (χ1) is 36.9. The SMILES string of the molecule is O=C1O[C@H](c2ccccc2)[C@H](c2ccccc2)N2[C@H]1[C@@H](C(=O)NC[C@H](O)c1ccccc1)[C@]1(C(=O)N(C(=O)OCc3ccc([N+](=O)[O-])cc3)c3ccc(C#CC4(O)CCCCCC4)cc31)[C@H]2c1cccc(OCCO)c1. The second kappa shape index (κ2) is 21.9. The Morgan fingerprint density at radius 3 is 2.13 bits per heavy atom. The van der Waals surface area contributed by atoms with Gasteiger partial charge in [0.2, 0.25) is 11.8 Å². The van der Waals surface area contributed by atoms with E-state index in [4.69, 9.17) is 14.2 Å². The van der Waals surface area contributed by atoms with Gasteiger partial charge in [-0.05, 0) is 102 Å². The highest BCUT2D eigenvalue weighted by atomic mass is 16.6. The molecule has 0 radical (unpaired) electrons. The number of non-ortho nitro benzene ring substituents is 1. The second-order valence-electron chi connectivity index (χ2n) is 19.6. The summed E-state index contributed by atoms with van der Waals surface area (Å²) in [4.78, 5) is 76.8. The lowest BCUT2D eigenvalue weighted by Crippen LogP contribution is -2.56. The van der Waals surface area contributed by atoms with Gasteiger partial charge in [0.1, 0.15) is 42.1 Å². The minimum Gasteiger partial charge on any atom is -0.491 e. The summed E-state index contributed by atoms with van der Waals surface area (Å²) >= 11 is 0. The monoisotopic (exact) mass is 1020 g/mol. The van der Waals surface area contributed by atoms with Crippen LogP contribution in [-0.4, -0.2) is 80.4 Å². The molecule has 1 spiro atoms. The lowest BCUT2D eigenvalue weighted by atomic mass is 9.65. The average molecular weight is 1030 g/mol. The molecule has 3 heterocycles. The summed E-state index contributed by atoms with van der Waals surface area (Å²) in [6.45, 7) is -1.14. The number of amides is 3. The fourth-order valence-corrected chi connectivity index (χ4v) is 11.6. The molecule has 3 amide bonds. The van der Waals surface area contributed by atoms with E-state index >= 15 is 14.4 Å². The molecule has 388 valence electrons. The number of ether oxygens (including phenoxy) is 3. The highest BCUT2D eigenvalue weighted by molar-refractivity contribution is 6.23. The maximum Gasteiger partial charge on any atom is 0.421 e. The van der Waals surface area contributed by atoms with E-state index in [-0.39, 0.29) is 36.7 Å². The number of rotatable bonds is 13. The molecule has 16 heteroatoms. The molecule has 76 heavy (non-hydrogen) atoms. The van der Waals surface area contributed by atoms with E-state index in [0.29, 0.717) is 52.0 Å². The Morgan fingerprint density at radius 2 is 1.46 bits per heavy atom. The largest absolute Gasteiger partial charge is 0.491 e. The number of benzene rings is 6. The van der Waals surface area contributed by atoms with Crippen molar-refractivity contribution < 1.29 is 53.6 Å². The van der Waals surface area contributed by atoms with Crippen molar-refractivity contribution in [3.63, 3.8) is 0 Å². The maximum absolute atomic E-state index is 16.7. The van der Waals surface area contributed by atoms with Crippen LogP contribution in [0.1, 0.15) is 102 Å². The Kier molecular flexibility index (Phi) is 14.8. The van der Waals surface area contributed by atoms with Crippen molar-refractivity contribution in [2.24, 2.45) is 5.92 Å². The average Bonchev–Trinajstić information content (AvgIpc) is 3.81. The number of hydrogen-bond donors (Lipinski definition) is 4. The van der Waals surface area contributed by atoms with Gasteiger partial charge in [0.05, 0.1) is 41.3 Å². The lowest BCUT2D eigenvalue weighted by Gasteiger charge is -2.46. The van der Waals surface area contributed by atoms with Crippen molar-refractivity contribution in [3.8, 4) is 17.6 Å². The molecule has 0 aromatic heterocycles. The zero-order valence-corrected chi connectivity index (χ0v) is 41.4. The summed E-state index contributed by atoms with van der Waals surface area (Å²) < 4.78 is 18.5. The number of esters is 1. The molecular weight excluding hydrogens is 969 g/mol. The van der Waals surface area contributed by atoms with Gasteiger partial charge in [0.15, 0.2) is 0 Å². The first-order valence-corrected chi connectivity index (χ1v) is 25.5. The highest BCUT2D eigenvalue weighted by Crippen LogP contribution is 2.66. The van der Waals surface area contributed by atoms with Crippen molar-refractivity contribution in [2.75, 3.05) is 24.7 Å². The smallest absolute Gasteiger partial charge is 0.421 e. The Labute approximate surface area is 439 Å². The number of anilines is 1. The number of nitro benzene ring substituents is 1. The van der Waals surface area contributed by atoms with Crippen LogP contribution >= 0.6 is 0 Å². The molecular formula is C60H56N4O12. The van der Waals surface area contributed by atoms with Crippen molar-refractivity contribution in [1.82, 2.24) is 10.2 Å². The molecule has 10 rings (SSSR count). The Balaban J connectivity index is 1.22. The van der Waals surface area contributed by atoms with Crippen LogP contribution in [0.5, 0.6) is 5.75 Å². The van der Waals surface area contributed by atoms with E-state index in [9.17, 15) is 30.2 Å². The molecule has 16 nitrogen and oxygen atoms in total. The number of nitrogens with one attached hydrogen (secondary N) is 1. The van der Waals surface area contributed by atoms with Crippen molar-refractivity contribution in [2.45, 2.75) is 86.5 Å². The molecule has 0 bridgehead atoms. The van der Waals surface area contributed by atoms with Crippen molar-refractivity contribution in [1.29, 1.82) is 0 Å². The molecule has 3 aliphatic heterocycles. The van der Waals surface area contributed by atoms with E-state index in [2.05, 4.69) is 17.2 Å². The second-order valence-corrected chi connectivity index (χ2v) is 19.6. The van der Waals surface area contributed by atoms with Crippen LogP contribution in [0, 0.1) is 27.9 Å². The topological polar surface area (TPSA) is 218 Å². The van der Waals surface area contributed by atoms with Gasteiger partial charge < -0.3 is 34.8 Å². The number of nitro groups is 1. The zero-order chi connectivity index (χ0) is 53.0. The number of imide groups is 1. The van der Waals surface area contributed by atoms with Crippen LogP contribution in [0.15, 0.2) is 158 Å². The minimum absolute atomic E-state index is 0.0290. The summed E-state index contributed by atoms with van der Waals surface area (Å²) in [6, 6.07) is 40.3. The third-order valence-electron chi connectivity index (χ3n) is 15.0. The Morgan fingerprint density at radius 1 is 0.803 bits per heavy atom. The number of cyclic esters (lactones) is 1. The molecule has 3 fully saturated rings. The number of carbonyl (C=O) groups excluding carboxylic acids is 4. The summed E-state index contributed by atoms with van der Waals surface area (Å²) in [5.41, 5.74) is -0.632. The van der Waals surface area contributed by atoms with Crippen LogP contribution in [0.4, 0.5) is 16.2 Å². The number of hydrogen-bond acceptors (Lipinski definition) is 13. The number of aliphatic hydroxyl groups is 3. The van der Waals surface area contributed by atoms with Gasteiger partial charge in [-0.1, -0.05) is 128 Å². The lowest BCUT2D eigenvalue weighted by molar-refractivity contribution is -0.384. The molecule has 0 unspecified atom stereocenters. The quantitative estimate of drug-likeness (QED) is 0.0282. The van der Waals surface area contributed by atoms with Crippen LogP contribution in [-0.2, 0) is 35.9 Å². The zero-order valence-electron chi connectivity index (χ0n) is 41.4. The fourth-order valence-electron chi connectivity index (χ4n) is 11.6. The minimum atomic E-state index is -2.24. The number of nitrogens with zero attached hydrogens (tertiary/aromatic N) is 3. The number of fused-ring (bicyclic) bond motifs is 3. The van der Waals surface area contributed by atoms with E-state index in [1.807, 2.05) is 65.6 Å². The first kappa shape index (κ1) is 51.3. The van der Waals surface area contributed by atoms with Crippen LogP contribution in [0.2, 0.25) is 0 Å². The van der Waals surface area contributed by atoms with E-state index in [1.54, 1.807) is 72.8 Å². The van der Waals surface area contributed by atoms with Crippen LogP contribution in [0.3, 0.4) is 0 Å². The molecule has 6 aromatic rings. The Bertz CT molecular complexity index is 3180. The summed E-state index contributed by atoms with van der Waals surface area (Å²) in [7, 11) is 0. The molecule has 1 aliphatic carbocycles. The molecule has 2 saturated heterocycles. The molecule has 4 N–H and O–H groups in total. The number of carbonyl (C=O) groups is 4. The molecule has 1 saturated carbocycles. The molecule has 4 aliphatic rings. The van der Waals surface area contributed by atoms with E-state index in [1.165, 1.54) is 24.3 Å². The fraction of sp³-hybridized carbons (Fsp3) is 0.300. The van der Waals surface area contributed by atoms with Gasteiger partial charge in [-0.25, -0.2) is 9.69 Å². The van der Waals surface area contributed by atoms with Crippen molar-refractivity contribution in [3.05, 3.63) is 207 Å². The van der Waals surface area contributed by atoms with Gasteiger partial charge in [-0.2, -0.15) is 0 Å². The molecule has 7 atom stereocenters. The third kappa shape index (κ3) is 9.81. The predicted octanol–water partition coefficient (Wildman–Crippen LogP) is 8.25. The summed E-state index contributed by atoms with van der Waals surface area (Å²) in [6.07, 6.45) is 1.01. The van der Waals surface area contributed by atoms with Gasteiger partial charge in [-0.3, -0.25) is 29.4 Å². The van der Waals surface area contributed by atoms with Gasteiger partial charge in [0, 0.05) is 24.2 Å². The maximum atomic E-state index is 16.7. The predicted molar refractivity (Wildman–Crippen MR) is 278 cm³/mol. The Hall–Kier alpha value is -8.20. The van der Waals surface area contributed by atoms with Gasteiger partial charge >= 0.3 is 12.1 Å². The van der Waals surface area contributed by atoms with E-state index in [0.717, 1.165) is 30.6 Å². The van der Waals surface area contributed by atoms with Crippen LogP contribution in [0.25, 0.3) is 0 Å². The van der Waals surface area contributed by atoms with Crippen LogP contribution < -0.4 is 15.0 Å². The van der Waals surface area contributed by atoms with Gasteiger partial charge in [-0.15, -0.1) is 0 Å².